The van der Waals surface area contributed by atoms with E-state index in [4.69, 9.17) is 0 Å². The predicted molar refractivity (Wildman–Crippen MR) is 168 cm³/mol. The summed E-state index contributed by atoms with van der Waals surface area (Å²) in [5.41, 5.74) is 3.04. The maximum absolute atomic E-state index is 12.9. The van der Waals surface area contributed by atoms with Crippen LogP contribution in [0.5, 0.6) is 0 Å². The van der Waals surface area contributed by atoms with Gasteiger partial charge in [0.25, 0.3) is 0 Å². The molecule has 47 heavy (non-hydrogen) atoms. The second-order valence-electron chi connectivity index (χ2n) is 10.4. The Balaban J connectivity index is 0.0000106. The van der Waals surface area contributed by atoms with Gasteiger partial charge in [-0.2, -0.15) is 0 Å². The smallest absolute Gasteiger partial charge is 0.305 e. The molecule has 6 N–H and O–H groups in total. The van der Waals surface area contributed by atoms with Crippen molar-refractivity contribution in [2.24, 2.45) is 5.92 Å². The molecule has 0 spiro atoms. The van der Waals surface area contributed by atoms with Gasteiger partial charge >= 0.3 is 5.97 Å². The molecule has 0 aliphatic carbocycles. The normalized spacial score (nSPS) is 11.4. The van der Waals surface area contributed by atoms with E-state index in [1.165, 1.54) is 0 Å². The fourth-order valence-electron chi connectivity index (χ4n) is 4.35. The van der Waals surface area contributed by atoms with Gasteiger partial charge in [0.15, 0.2) is 0 Å². The third-order valence-electron chi connectivity index (χ3n) is 6.68. The SMILES string of the molecule is [CH2-]C(=O)NCCN(CCNC([CH2-])=O)CC(=O)NCCNC(=O)[C@H](CC(=O)O)NC(=O)[C@@H](C)Cc1ccc(-c2ccccc2)cc1.[Gd].[Gd]. The molecule has 15 heteroatoms. The van der Waals surface area contributed by atoms with E-state index in [9.17, 15) is 33.9 Å². The summed E-state index contributed by atoms with van der Waals surface area (Å²) in [6.07, 6.45) is -0.209. The Hall–Kier alpha value is -2.39. The van der Waals surface area contributed by atoms with Gasteiger partial charge in [0, 0.05) is 125 Å². The van der Waals surface area contributed by atoms with Crippen LogP contribution in [0.3, 0.4) is 0 Å². The third kappa shape index (κ3) is 19.3. The van der Waals surface area contributed by atoms with Crippen LogP contribution in [0, 0.1) is 99.6 Å². The van der Waals surface area contributed by atoms with Crippen molar-refractivity contribution in [2.45, 2.75) is 25.8 Å². The Morgan fingerprint density at radius 2 is 1.26 bits per heavy atom. The average molecular weight is 937 g/mol. The number of hydrogen-bond donors (Lipinski definition) is 6. The maximum atomic E-state index is 12.9. The Morgan fingerprint density at radius 1 is 0.723 bits per heavy atom. The molecule has 0 aromatic heterocycles. The van der Waals surface area contributed by atoms with Crippen molar-refractivity contribution < 1.29 is 114 Å². The molecule has 2 rings (SSSR count). The van der Waals surface area contributed by atoms with E-state index >= 15 is 0 Å². The zero-order valence-electron chi connectivity index (χ0n) is 26.2. The van der Waals surface area contributed by atoms with Crippen molar-refractivity contribution in [3.05, 3.63) is 74.0 Å². The zero-order valence-corrected chi connectivity index (χ0v) is 30.7. The number of aliphatic carboxylic acids is 1. The van der Waals surface area contributed by atoms with E-state index in [0.29, 0.717) is 19.5 Å². The summed E-state index contributed by atoms with van der Waals surface area (Å²) in [4.78, 5) is 73.2. The monoisotopic (exact) mass is 938 g/mol. The second-order valence-corrected chi connectivity index (χ2v) is 10.4. The van der Waals surface area contributed by atoms with Crippen LogP contribution in [0.1, 0.15) is 18.9 Å². The molecule has 0 radical (unpaired) electrons. The Kier molecular flexibility index (Phi) is 23.4. The van der Waals surface area contributed by atoms with Crippen LogP contribution < -0.4 is 26.6 Å². The van der Waals surface area contributed by atoms with E-state index in [2.05, 4.69) is 40.4 Å². The van der Waals surface area contributed by atoms with Gasteiger partial charge in [0.05, 0.1) is 24.8 Å². The minimum absolute atomic E-state index is 0. The first kappa shape index (κ1) is 44.6. The first-order valence-electron chi connectivity index (χ1n) is 14.6. The van der Waals surface area contributed by atoms with Crippen molar-refractivity contribution in [1.82, 2.24) is 31.5 Å². The minimum atomic E-state index is -1.30. The van der Waals surface area contributed by atoms with Gasteiger partial charge in [0.1, 0.15) is 6.04 Å². The molecule has 0 heterocycles. The fraction of sp³-hybridized carbons (Fsp3) is 0.375. The maximum Gasteiger partial charge on any atom is 0.305 e. The molecule has 5 amide bonds. The molecule has 260 valence electrons. The van der Waals surface area contributed by atoms with Crippen LogP contribution in [0.15, 0.2) is 54.6 Å². The number of hydrogen-bond acceptors (Lipinski definition) is 7. The minimum Gasteiger partial charge on any atom is -0.481 e. The molecule has 13 nitrogen and oxygen atoms in total. The van der Waals surface area contributed by atoms with E-state index in [1.54, 1.807) is 11.8 Å². The summed E-state index contributed by atoms with van der Waals surface area (Å²) < 4.78 is 0. The van der Waals surface area contributed by atoms with Gasteiger partial charge < -0.3 is 55.1 Å². The molecule has 0 bridgehead atoms. The number of amides is 5. The second kappa shape index (κ2) is 24.7. The Bertz CT molecular complexity index is 1280. The molecule has 2 aromatic rings. The predicted octanol–water partition coefficient (Wildman–Crippen LogP) is -0.0733. The molecular formula is C32H42Gd2N6O7-2. The first-order valence-corrected chi connectivity index (χ1v) is 14.6. The van der Waals surface area contributed by atoms with Crippen molar-refractivity contribution in [2.75, 3.05) is 45.8 Å². The van der Waals surface area contributed by atoms with Gasteiger partial charge in [0.2, 0.25) is 17.7 Å². The number of nitrogens with one attached hydrogen (secondary N) is 5. The van der Waals surface area contributed by atoms with Crippen LogP contribution >= 0.6 is 0 Å². The van der Waals surface area contributed by atoms with Gasteiger partial charge in [-0.3, -0.25) is 24.1 Å². The molecule has 0 fully saturated rings. The molecular weight excluding hydrogens is 895 g/mol. The number of benzene rings is 2. The van der Waals surface area contributed by atoms with Crippen LogP contribution in [0.4, 0.5) is 0 Å². The van der Waals surface area contributed by atoms with Crippen LogP contribution in [-0.2, 0) is 35.2 Å². The van der Waals surface area contributed by atoms with Crippen LogP contribution in [0.2, 0.25) is 0 Å². The standard InChI is InChI=1S/C32H42N6O7.2Gd/c1-22(19-25-9-11-27(12-10-25)26-7-5-4-6-8-26)31(44)37-28(20-30(42)43)32(45)36-14-13-35-29(41)21-38(17-15-33-23(2)39)18-16-34-24(3)40;;/h4-12,22,28H,2-3,13-21H2,1H3,(H,33,39)(H,34,40)(H,35,41)(H,36,45)(H,37,44)(H,42,43);;/q-2;;/t22-,28-;;/m0../s1. The van der Waals surface area contributed by atoms with Crippen molar-refractivity contribution in [3.8, 4) is 11.1 Å². The van der Waals surface area contributed by atoms with Gasteiger partial charge in [-0.15, -0.1) is 0 Å². The van der Waals surface area contributed by atoms with E-state index in [0.717, 1.165) is 16.7 Å². The fourth-order valence-corrected chi connectivity index (χ4v) is 4.35. The number of nitrogens with zero attached hydrogens (tertiary/aromatic N) is 1. The van der Waals surface area contributed by atoms with Crippen molar-refractivity contribution in [1.29, 1.82) is 0 Å². The number of carboxylic acids is 1. The summed E-state index contributed by atoms with van der Waals surface area (Å²) in [6, 6.07) is 16.4. The number of rotatable bonds is 19. The summed E-state index contributed by atoms with van der Waals surface area (Å²) in [5.74, 6) is -4.20. The Morgan fingerprint density at radius 3 is 1.79 bits per heavy atom. The molecule has 0 aliphatic rings. The Labute approximate surface area is 339 Å². The average Bonchev–Trinajstić information content (AvgIpc) is 2.99. The first-order chi connectivity index (χ1) is 21.4. The summed E-state index contributed by atoms with van der Waals surface area (Å²) in [7, 11) is 0. The van der Waals surface area contributed by atoms with Crippen molar-refractivity contribution >= 4 is 35.5 Å². The molecule has 0 aliphatic heterocycles. The number of carbonyl (C=O) groups excluding carboxylic acids is 5. The van der Waals surface area contributed by atoms with Gasteiger partial charge in [-0.05, 0) is 23.1 Å². The van der Waals surface area contributed by atoms with Crippen LogP contribution in [-0.4, -0.2) is 97.4 Å². The third-order valence-corrected chi connectivity index (χ3v) is 6.68. The zero-order chi connectivity index (χ0) is 33.2. The van der Waals surface area contributed by atoms with E-state index in [-0.39, 0.29) is 119 Å². The summed E-state index contributed by atoms with van der Waals surface area (Å²) in [5, 5.41) is 22.1. The van der Waals surface area contributed by atoms with Gasteiger partial charge in [-0.25, -0.2) is 0 Å². The number of carboxylic acid groups (broad SMARTS) is 1. The topological polar surface area (TPSA) is 186 Å². The molecule has 2 atom stereocenters. The molecule has 0 unspecified atom stereocenters. The van der Waals surface area contributed by atoms with Crippen LogP contribution in [0.25, 0.3) is 11.1 Å². The molecule has 2 aromatic carbocycles. The molecule has 0 saturated carbocycles. The summed E-state index contributed by atoms with van der Waals surface area (Å²) in [6.45, 7) is 9.30. The van der Waals surface area contributed by atoms with E-state index < -0.39 is 48.0 Å². The number of carbonyl (C=O) groups is 6. The van der Waals surface area contributed by atoms with Gasteiger partial charge in [-0.1, -0.05) is 61.5 Å². The summed E-state index contributed by atoms with van der Waals surface area (Å²) >= 11 is 0. The quantitative estimate of drug-likeness (QED) is 0.0836. The van der Waals surface area contributed by atoms with Crippen molar-refractivity contribution in [3.63, 3.8) is 0 Å². The van der Waals surface area contributed by atoms with E-state index in [1.807, 2.05) is 54.6 Å². The largest absolute Gasteiger partial charge is 0.481 e. The molecule has 0 saturated heterocycles.